The first-order valence-corrected chi connectivity index (χ1v) is 8.71. The number of nitrogens with one attached hydrogen (secondary N) is 1. The molecular weight excluding hydrogens is 306 g/mol. The van der Waals surface area contributed by atoms with E-state index >= 15 is 0 Å². The third-order valence-electron chi connectivity index (χ3n) is 3.70. The Bertz CT molecular complexity index is 773. The Balaban J connectivity index is 1.77. The van der Waals surface area contributed by atoms with Gasteiger partial charge in [-0.15, -0.1) is 0 Å². The van der Waals surface area contributed by atoms with Gasteiger partial charge in [0, 0.05) is 23.6 Å². The molecule has 0 radical (unpaired) electrons. The molecular formula is C17H17N5S. The van der Waals surface area contributed by atoms with E-state index in [0.717, 1.165) is 16.7 Å². The largest absolute Gasteiger partial charge is 0.367 e. The van der Waals surface area contributed by atoms with Gasteiger partial charge in [0.1, 0.15) is 5.82 Å². The van der Waals surface area contributed by atoms with Crippen LogP contribution in [0.25, 0.3) is 10.9 Å². The molecule has 1 atom stereocenters. The third kappa shape index (κ3) is 4.12. The number of nitriles is 2. The highest BCUT2D eigenvalue weighted by Gasteiger charge is 2.23. The van der Waals surface area contributed by atoms with Crippen LogP contribution in [0.2, 0.25) is 0 Å². The number of para-hydroxylation sites is 1. The SMILES string of the molecule is N#CCCC(C#N)CSc1nc(NC2CC2)c2ccccc2n1. The molecule has 1 heterocycles. The van der Waals surface area contributed by atoms with Crippen molar-refractivity contribution >= 4 is 28.5 Å². The summed E-state index contributed by atoms with van der Waals surface area (Å²) in [5.41, 5.74) is 0.915. The number of nitrogens with zero attached hydrogens (tertiary/aromatic N) is 4. The number of anilines is 1. The van der Waals surface area contributed by atoms with E-state index in [0.29, 0.717) is 29.8 Å². The van der Waals surface area contributed by atoms with Crippen molar-refractivity contribution in [2.24, 2.45) is 5.92 Å². The van der Waals surface area contributed by atoms with Crippen molar-refractivity contribution in [3.05, 3.63) is 24.3 Å². The minimum absolute atomic E-state index is 0.144. The topological polar surface area (TPSA) is 85.4 Å². The summed E-state index contributed by atoms with van der Waals surface area (Å²) >= 11 is 1.49. The average Bonchev–Trinajstić information content (AvgIpc) is 3.39. The van der Waals surface area contributed by atoms with Gasteiger partial charge in [0.15, 0.2) is 5.16 Å². The zero-order valence-corrected chi connectivity index (χ0v) is 13.5. The Morgan fingerprint density at radius 3 is 2.83 bits per heavy atom. The number of fused-ring (bicyclic) bond motifs is 1. The molecule has 2 aromatic rings. The number of thioether (sulfide) groups is 1. The van der Waals surface area contributed by atoms with Gasteiger partial charge in [-0.25, -0.2) is 9.97 Å². The summed E-state index contributed by atoms with van der Waals surface area (Å²) in [4.78, 5) is 9.22. The zero-order valence-electron chi connectivity index (χ0n) is 12.7. The van der Waals surface area contributed by atoms with Crippen molar-refractivity contribution in [3.8, 4) is 12.1 Å². The van der Waals surface area contributed by atoms with Gasteiger partial charge in [-0.2, -0.15) is 10.5 Å². The Hall–Kier alpha value is -2.31. The lowest BCUT2D eigenvalue weighted by Crippen LogP contribution is -2.06. The second kappa shape index (κ2) is 7.30. The van der Waals surface area contributed by atoms with Crippen molar-refractivity contribution < 1.29 is 0 Å². The molecule has 23 heavy (non-hydrogen) atoms. The molecule has 0 amide bonds. The molecule has 1 saturated carbocycles. The monoisotopic (exact) mass is 323 g/mol. The molecule has 0 bridgehead atoms. The van der Waals surface area contributed by atoms with Crippen molar-refractivity contribution in [2.45, 2.75) is 36.9 Å². The Kier molecular flexibility index (Phi) is 4.95. The van der Waals surface area contributed by atoms with Crippen molar-refractivity contribution in [1.82, 2.24) is 9.97 Å². The second-order valence-corrected chi connectivity index (χ2v) is 6.61. The van der Waals surface area contributed by atoms with Crippen LogP contribution in [0.15, 0.2) is 29.4 Å². The van der Waals surface area contributed by atoms with Crippen LogP contribution in [0.5, 0.6) is 0 Å². The van der Waals surface area contributed by atoms with Gasteiger partial charge in [-0.1, -0.05) is 23.9 Å². The molecule has 5 nitrogen and oxygen atoms in total. The highest BCUT2D eigenvalue weighted by atomic mass is 32.2. The van der Waals surface area contributed by atoms with Crippen LogP contribution < -0.4 is 5.32 Å². The van der Waals surface area contributed by atoms with E-state index in [-0.39, 0.29) is 5.92 Å². The minimum Gasteiger partial charge on any atom is -0.367 e. The van der Waals surface area contributed by atoms with Gasteiger partial charge < -0.3 is 5.32 Å². The Labute approximate surface area is 139 Å². The maximum absolute atomic E-state index is 9.16. The van der Waals surface area contributed by atoms with E-state index in [1.54, 1.807) is 0 Å². The van der Waals surface area contributed by atoms with Gasteiger partial charge in [0.2, 0.25) is 0 Å². The number of aromatic nitrogens is 2. The standard InChI is InChI=1S/C17H17N5S/c18-9-3-4-12(10-19)11-23-17-21-15-6-2-1-5-14(15)16(22-17)20-13-7-8-13/h1-2,5-6,12-13H,3-4,7-8,11H2,(H,20,21,22). The average molecular weight is 323 g/mol. The predicted octanol–water partition coefficient (Wildman–Crippen LogP) is 3.74. The van der Waals surface area contributed by atoms with Gasteiger partial charge in [-0.3, -0.25) is 0 Å². The molecule has 1 fully saturated rings. The molecule has 1 N–H and O–H groups in total. The first-order chi connectivity index (χ1) is 11.3. The number of hydrogen-bond donors (Lipinski definition) is 1. The van der Waals surface area contributed by atoms with Crippen LogP contribution in [0.4, 0.5) is 5.82 Å². The van der Waals surface area contributed by atoms with E-state index in [2.05, 4.69) is 27.4 Å². The summed E-state index contributed by atoms with van der Waals surface area (Å²) in [7, 11) is 0. The van der Waals surface area contributed by atoms with Crippen LogP contribution in [0.3, 0.4) is 0 Å². The summed E-state index contributed by atoms with van der Waals surface area (Å²) in [6.45, 7) is 0. The lowest BCUT2D eigenvalue weighted by molar-refractivity contribution is 0.684. The first-order valence-electron chi connectivity index (χ1n) is 7.73. The van der Waals surface area contributed by atoms with Crippen molar-refractivity contribution in [2.75, 3.05) is 11.1 Å². The Morgan fingerprint density at radius 1 is 1.26 bits per heavy atom. The maximum Gasteiger partial charge on any atom is 0.190 e. The fourth-order valence-electron chi connectivity index (χ4n) is 2.25. The highest BCUT2D eigenvalue weighted by molar-refractivity contribution is 7.99. The number of rotatable bonds is 7. The van der Waals surface area contributed by atoms with Crippen LogP contribution in [-0.2, 0) is 0 Å². The molecule has 1 aromatic heterocycles. The van der Waals surface area contributed by atoms with E-state index in [1.165, 1.54) is 24.6 Å². The summed E-state index contributed by atoms with van der Waals surface area (Å²) in [6, 6.07) is 12.8. The van der Waals surface area contributed by atoms with Gasteiger partial charge in [-0.05, 0) is 31.4 Å². The lowest BCUT2D eigenvalue weighted by atomic mass is 10.1. The third-order valence-corrected chi connectivity index (χ3v) is 4.71. The normalized spacial score (nSPS) is 14.9. The molecule has 0 aliphatic heterocycles. The molecule has 1 unspecified atom stereocenters. The predicted molar refractivity (Wildman–Crippen MR) is 90.9 cm³/mol. The van der Waals surface area contributed by atoms with Crippen LogP contribution >= 0.6 is 11.8 Å². The lowest BCUT2D eigenvalue weighted by Gasteiger charge is -2.11. The summed E-state index contributed by atoms with van der Waals surface area (Å²) in [5, 5.41) is 23.0. The highest BCUT2D eigenvalue weighted by Crippen LogP contribution is 2.30. The fraction of sp³-hybridized carbons (Fsp3) is 0.412. The Morgan fingerprint density at radius 2 is 2.09 bits per heavy atom. The molecule has 1 aromatic carbocycles. The molecule has 1 aliphatic carbocycles. The van der Waals surface area contributed by atoms with E-state index in [4.69, 9.17) is 10.5 Å². The molecule has 0 spiro atoms. The van der Waals surface area contributed by atoms with Gasteiger partial charge in [0.25, 0.3) is 0 Å². The molecule has 3 rings (SSSR count). The van der Waals surface area contributed by atoms with Crippen LogP contribution in [0, 0.1) is 28.6 Å². The number of hydrogen-bond acceptors (Lipinski definition) is 6. The van der Waals surface area contributed by atoms with Crippen LogP contribution in [-0.4, -0.2) is 21.8 Å². The second-order valence-electron chi connectivity index (χ2n) is 5.62. The van der Waals surface area contributed by atoms with Crippen molar-refractivity contribution in [1.29, 1.82) is 10.5 Å². The summed E-state index contributed by atoms with van der Waals surface area (Å²) < 4.78 is 0. The number of benzene rings is 1. The van der Waals surface area contributed by atoms with Crippen LogP contribution in [0.1, 0.15) is 25.7 Å². The van der Waals surface area contributed by atoms with E-state index in [1.807, 2.05) is 24.3 Å². The molecule has 6 heteroatoms. The van der Waals surface area contributed by atoms with Crippen molar-refractivity contribution in [3.63, 3.8) is 0 Å². The maximum atomic E-state index is 9.16. The molecule has 116 valence electrons. The first kappa shape index (κ1) is 15.6. The smallest absolute Gasteiger partial charge is 0.190 e. The molecule has 1 aliphatic rings. The van der Waals surface area contributed by atoms with Gasteiger partial charge in [0.05, 0.1) is 23.6 Å². The summed E-state index contributed by atoms with van der Waals surface area (Å²) in [6.07, 6.45) is 3.38. The fourth-order valence-corrected chi connectivity index (χ4v) is 3.16. The zero-order chi connectivity index (χ0) is 16.1. The van der Waals surface area contributed by atoms with E-state index < -0.39 is 0 Å². The summed E-state index contributed by atoms with van der Waals surface area (Å²) in [5.74, 6) is 1.35. The van der Waals surface area contributed by atoms with Gasteiger partial charge >= 0.3 is 0 Å². The minimum atomic E-state index is -0.144. The van der Waals surface area contributed by atoms with E-state index in [9.17, 15) is 0 Å². The molecule has 0 saturated heterocycles. The quantitative estimate of drug-likeness (QED) is 0.617.